The quantitative estimate of drug-likeness (QED) is 0.689. The van der Waals surface area contributed by atoms with Gasteiger partial charge in [0.15, 0.2) is 0 Å². The SMILES string of the molecule is NC(=O)c1cc(NCc2c[nH]c3ccccc23)ccc1Cl. The van der Waals surface area contributed by atoms with E-state index >= 15 is 0 Å². The Balaban J connectivity index is 1.82. The van der Waals surface area contributed by atoms with Crippen molar-refractivity contribution in [2.24, 2.45) is 5.73 Å². The average Bonchev–Trinajstić information content (AvgIpc) is 2.89. The number of aromatic amines is 1. The second-order valence-corrected chi connectivity index (χ2v) is 5.18. The summed E-state index contributed by atoms with van der Waals surface area (Å²) in [4.78, 5) is 14.5. The summed E-state index contributed by atoms with van der Waals surface area (Å²) in [6, 6.07) is 13.3. The Hall–Kier alpha value is -2.46. The van der Waals surface area contributed by atoms with Crippen LogP contribution in [0.15, 0.2) is 48.7 Å². The van der Waals surface area contributed by atoms with Crippen molar-refractivity contribution < 1.29 is 4.79 Å². The number of para-hydroxylation sites is 1. The summed E-state index contributed by atoms with van der Waals surface area (Å²) in [5.74, 6) is -0.532. The lowest BCUT2D eigenvalue weighted by Crippen LogP contribution is -2.12. The Morgan fingerprint density at radius 1 is 1.24 bits per heavy atom. The molecule has 2 aromatic carbocycles. The lowest BCUT2D eigenvalue weighted by molar-refractivity contribution is 0.100. The summed E-state index contributed by atoms with van der Waals surface area (Å²) < 4.78 is 0. The van der Waals surface area contributed by atoms with E-state index in [2.05, 4.69) is 16.4 Å². The molecule has 4 nitrogen and oxygen atoms in total. The lowest BCUT2D eigenvalue weighted by atomic mass is 10.1. The molecule has 0 saturated heterocycles. The van der Waals surface area contributed by atoms with Crippen molar-refractivity contribution in [2.75, 3.05) is 5.32 Å². The van der Waals surface area contributed by atoms with Crippen LogP contribution < -0.4 is 11.1 Å². The highest BCUT2D eigenvalue weighted by molar-refractivity contribution is 6.33. The molecule has 3 rings (SSSR count). The van der Waals surface area contributed by atoms with Gasteiger partial charge in [-0.3, -0.25) is 4.79 Å². The summed E-state index contributed by atoms with van der Waals surface area (Å²) in [7, 11) is 0. The number of halogens is 1. The molecule has 0 spiro atoms. The molecule has 0 aliphatic carbocycles. The van der Waals surface area contributed by atoms with Crippen molar-refractivity contribution in [2.45, 2.75) is 6.54 Å². The van der Waals surface area contributed by atoms with Gasteiger partial charge in [0.1, 0.15) is 0 Å². The van der Waals surface area contributed by atoms with Crippen LogP contribution in [-0.4, -0.2) is 10.9 Å². The van der Waals surface area contributed by atoms with Crippen molar-refractivity contribution in [3.63, 3.8) is 0 Å². The molecule has 1 aromatic heterocycles. The number of nitrogens with one attached hydrogen (secondary N) is 2. The van der Waals surface area contributed by atoms with Crippen LogP contribution in [0.25, 0.3) is 10.9 Å². The molecule has 21 heavy (non-hydrogen) atoms. The zero-order chi connectivity index (χ0) is 14.8. The first kappa shape index (κ1) is 13.5. The molecule has 106 valence electrons. The number of hydrogen-bond acceptors (Lipinski definition) is 2. The minimum absolute atomic E-state index is 0.320. The summed E-state index contributed by atoms with van der Waals surface area (Å²) >= 11 is 5.94. The number of amides is 1. The minimum atomic E-state index is -0.532. The molecule has 0 fully saturated rings. The second-order valence-electron chi connectivity index (χ2n) is 4.77. The largest absolute Gasteiger partial charge is 0.381 e. The van der Waals surface area contributed by atoms with Gasteiger partial charge >= 0.3 is 0 Å². The molecular formula is C16H14ClN3O. The number of H-pyrrole nitrogens is 1. The van der Waals surface area contributed by atoms with Gasteiger partial charge < -0.3 is 16.0 Å². The van der Waals surface area contributed by atoms with Crippen LogP contribution in [0.1, 0.15) is 15.9 Å². The van der Waals surface area contributed by atoms with Gasteiger partial charge in [0.25, 0.3) is 0 Å². The fraction of sp³-hybridized carbons (Fsp3) is 0.0625. The summed E-state index contributed by atoms with van der Waals surface area (Å²) in [5, 5.41) is 4.81. The zero-order valence-corrected chi connectivity index (χ0v) is 11.9. The van der Waals surface area contributed by atoms with Crippen LogP contribution in [0.2, 0.25) is 5.02 Å². The van der Waals surface area contributed by atoms with Crippen molar-refractivity contribution in [1.29, 1.82) is 0 Å². The maximum Gasteiger partial charge on any atom is 0.250 e. The topological polar surface area (TPSA) is 70.9 Å². The number of fused-ring (bicyclic) bond motifs is 1. The zero-order valence-electron chi connectivity index (χ0n) is 11.2. The first-order chi connectivity index (χ1) is 10.1. The van der Waals surface area contributed by atoms with Crippen molar-refractivity contribution in [3.05, 3.63) is 64.8 Å². The Morgan fingerprint density at radius 3 is 2.86 bits per heavy atom. The number of anilines is 1. The second kappa shape index (κ2) is 5.50. The number of primary amides is 1. The molecule has 0 atom stereocenters. The van der Waals surface area contributed by atoms with Gasteiger partial charge in [0.05, 0.1) is 10.6 Å². The monoisotopic (exact) mass is 299 g/mol. The highest BCUT2D eigenvalue weighted by Crippen LogP contribution is 2.22. The number of aromatic nitrogens is 1. The number of hydrogen-bond donors (Lipinski definition) is 3. The Labute approximate surface area is 126 Å². The van der Waals surface area contributed by atoms with E-state index in [1.165, 1.54) is 5.39 Å². The van der Waals surface area contributed by atoms with Crippen LogP contribution >= 0.6 is 11.6 Å². The Bertz CT molecular complexity index is 810. The van der Waals surface area contributed by atoms with Gasteiger partial charge in [0, 0.05) is 29.3 Å². The maximum absolute atomic E-state index is 11.3. The molecule has 0 saturated carbocycles. The predicted molar refractivity (Wildman–Crippen MR) is 85.6 cm³/mol. The van der Waals surface area contributed by atoms with E-state index in [0.29, 0.717) is 17.1 Å². The highest BCUT2D eigenvalue weighted by Gasteiger charge is 2.08. The first-order valence-electron chi connectivity index (χ1n) is 6.53. The maximum atomic E-state index is 11.3. The third-order valence-corrected chi connectivity index (χ3v) is 3.72. The van der Waals surface area contributed by atoms with Gasteiger partial charge in [-0.1, -0.05) is 29.8 Å². The highest BCUT2D eigenvalue weighted by atomic mass is 35.5. The molecule has 1 amide bonds. The molecule has 1 heterocycles. The van der Waals surface area contributed by atoms with Crippen molar-refractivity contribution >= 4 is 34.1 Å². The van der Waals surface area contributed by atoms with Crippen LogP contribution in [0, 0.1) is 0 Å². The number of rotatable bonds is 4. The lowest BCUT2D eigenvalue weighted by Gasteiger charge is -2.08. The molecule has 0 radical (unpaired) electrons. The number of carbonyl (C=O) groups excluding carboxylic acids is 1. The van der Waals surface area contributed by atoms with E-state index in [-0.39, 0.29) is 0 Å². The van der Waals surface area contributed by atoms with Gasteiger partial charge in [-0.2, -0.15) is 0 Å². The molecule has 3 aromatic rings. The van der Waals surface area contributed by atoms with Crippen LogP contribution in [-0.2, 0) is 6.54 Å². The standard InChI is InChI=1S/C16H14ClN3O/c17-14-6-5-11(7-13(14)16(18)21)19-8-10-9-20-15-4-2-1-3-12(10)15/h1-7,9,19-20H,8H2,(H2,18,21). The molecule has 0 unspecified atom stereocenters. The van der Waals surface area contributed by atoms with Crippen LogP contribution in [0.4, 0.5) is 5.69 Å². The molecule has 4 N–H and O–H groups in total. The van der Waals surface area contributed by atoms with E-state index in [1.54, 1.807) is 12.1 Å². The Morgan fingerprint density at radius 2 is 2.05 bits per heavy atom. The van der Waals surface area contributed by atoms with E-state index in [4.69, 9.17) is 17.3 Å². The smallest absolute Gasteiger partial charge is 0.250 e. The number of benzene rings is 2. The molecule has 0 bridgehead atoms. The fourth-order valence-corrected chi connectivity index (χ4v) is 2.51. The first-order valence-corrected chi connectivity index (χ1v) is 6.91. The predicted octanol–water partition coefficient (Wildman–Crippen LogP) is 3.53. The van der Waals surface area contributed by atoms with Gasteiger partial charge in [0.2, 0.25) is 5.91 Å². The van der Waals surface area contributed by atoms with E-state index in [9.17, 15) is 4.79 Å². The van der Waals surface area contributed by atoms with Crippen molar-refractivity contribution in [3.8, 4) is 0 Å². The molecular weight excluding hydrogens is 286 g/mol. The summed E-state index contributed by atoms with van der Waals surface area (Å²) in [6.45, 7) is 0.643. The number of nitrogens with two attached hydrogens (primary N) is 1. The van der Waals surface area contributed by atoms with E-state index < -0.39 is 5.91 Å². The Kier molecular flexibility index (Phi) is 3.54. The average molecular weight is 300 g/mol. The van der Waals surface area contributed by atoms with Crippen LogP contribution in [0.3, 0.4) is 0 Å². The van der Waals surface area contributed by atoms with Gasteiger partial charge in [-0.25, -0.2) is 0 Å². The van der Waals surface area contributed by atoms with E-state index in [1.807, 2.05) is 30.5 Å². The third kappa shape index (κ3) is 2.71. The molecule has 0 aliphatic heterocycles. The van der Waals surface area contributed by atoms with Gasteiger partial charge in [-0.15, -0.1) is 0 Å². The molecule has 0 aliphatic rings. The third-order valence-electron chi connectivity index (χ3n) is 3.39. The normalized spacial score (nSPS) is 10.7. The fourth-order valence-electron chi connectivity index (χ4n) is 2.30. The van der Waals surface area contributed by atoms with Crippen LogP contribution in [0.5, 0.6) is 0 Å². The number of carbonyl (C=O) groups is 1. The minimum Gasteiger partial charge on any atom is -0.381 e. The van der Waals surface area contributed by atoms with Crippen molar-refractivity contribution in [1.82, 2.24) is 4.98 Å². The van der Waals surface area contributed by atoms with Gasteiger partial charge in [-0.05, 0) is 29.8 Å². The van der Waals surface area contributed by atoms with E-state index in [0.717, 1.165) is 16.8 Å². The molecule has 5 heteroatoms. The summed E-state index contributed by atoms with van der Waals surface area (Å²) in [6.07, 6.45) is 1.97. The summed E-state index contributed by atoms with van der Waals surface area (Å²) in [5.41, 5.74) is 8.67.